The number of halogens is 4. The molecule has 0 saturated carbocycles. The zero-order valence-electron chi connectivity index (χ0n) is 10.3. The van der Waals surface area contributed by atoms with Gasteiger partial charge in [0.15, 0.2) is 0 Å². The fourth-order valence-corrected chi connectivity index (χ4v) is 2.99. The summed E-state index contributed by atoms with van der Waals surface area (Å²) in [5, 5.41) is 0. The highest BCUT2D eigenvalue weighted by Crippen LogP contribution is 2.28. The van der Waals surface area contributed by atoms with Crippen LogP contribution in [0.3, 0.4) is 0 Å². The summed E-state index contributed by atoms with van der Waals surface area (Å²) in [7, 11) is 1.09. The van der Waals surface area contributed by atoms with Crippen LogP contribution in [0.15, 0.2) is 45.8 Å². The molecule has 0 spiro atoms. The standard InChI is InChI=1S/C13H8BrClF2O3S/c14-10-5-8(1-3-11(10)17)7-20-12-4-2-9(16)6-13(12)21(15,18)19/h1-6H,7H2. The zero-order valence-corrected chi connectivity index (χ0v) is 13.5. The Morgan fingerprint density at radius 1 is 1.14 bits per heavy atom. The predicted molar refractivity (Wildman–Crippen MR) is 77.9 cm³/mol. The Kier molecular flexibility index (Phi) is 4.85. The molecule has 0 aliphatic carbocycles. The van der Waals surface area contributed by atoms with Crippen LogP contribution in [0.4, 0.5) is 8.78 Å². The molecule has 2 aromatic carbocycles. The highest BCUT2D eigenvalue weighted by Gasteiger charge is 2.18. The minimum Gasteiger partial charge on any atom is -0.487 e. The van der Waals surface area contributed by atoms with Crippen LogP contribution in [0.2, 0.25) is 0 Å². The molecule has 0 aromatic heterocycles. The zero-order chi connectivity index (χ0) is 15.6. The van der Waals surface area contributed by atoms with Gasteiger partial charge in [0.25, 0.3) is 9.05 Å². The van der Waals surface area contributed by atoms with Gasteiger partial charge in [-0.25, -0.2) is 17.2 Å². The molecule has 21 heavy (non-hydrogen) atoms. The quantitative estimate of drug-likeness (QED) is 0.725. The van der Waals surface area contributed by atoms with Crippen LogP contribution in [-0.4, -0.2) is 8.42 Å². The van der Waals surface area contributed by atoms with E-state index in [1.165, 1.54) is 24.3 Å². The molecule has 0 aliphatic rings. The van der Waals surface area contributed by atoms with E-state index < -0.39 is 25.6 Å². The van der Waals surface area contributed by atoms with Gasteiger partial charge in [-0.2, -0.15) is 0 Å². The lowest BCUT2D eigenvalue weighted by atomic mass is 10.2. The SMILES string of the molecule is O=S(=O)(Cl)c1cc(F)ccc1OCc1ccc(F)c(Br)c1. The van der Waals surface area contributed by atoms with Crippen molar-refractivity contribution in [1.82, 2.24) is 0 Å². The summed E-state index contributed by atoms with van der Waals surface area (Å²) >= 11 is 3.03. The van der Waals surface area contributed by atoms with Crippen molar-refractivity contribution in [3.63, 3.8) is 0 Å². The summed E-state index contributed by atoms with van der Waals surface area (Å²) in [6, 6.07) is 7.22. The van der Waals surface area contributed by atoms with Crippen LogP contribution >= 0.6 is 26.6 Å². The van der Waals surface area contributed by atoms with E-state index in [2.05, 4.69) is 15.9 Å². The van der Waals surface area contributed by atoms with E-state index in [1.54, 1.807) is 0 Å². The van der Waals surface area contributed by atoms with Crippen molar-refractivity contribution in [2.24, 2.45) is 0 Å². The van der Waals surface area contributed by atoms with Crippen molar-refractivity contribution < 1.29 is 21.9 Å². The number of hydrogen-bond donors (Lipinski definition) is 0. The summed E-state index contributed by atoms with van der Waals surface area (Å²) in [6.07, 6.45) is 0. The summed E-state index contributed by atoms with van der Waals surface area (Å²) in [5.74, 6) is -1.25. The molecule has 2 rings (SSSR count). The number of rotatable bonds is 4. The lowest BCUT2D eigenvalue weighted by molar-refractivity contribution is 0.297. The van der Waals surface area contributed by atoms with Crippen molar-refractivity contribution in [3.8, 4) is 5.75 Å². The van der Waals surface area contributed by atoms with Crippen LogP contribution < -0.4 is 4.74 Å². The van der Waals surface area contributed by atoms with Crippen LogP contribution in [0, 0.1) is 11.6 Å². The maximum atomic E-state index is 13.1. The molecule has 0 amide bonds. The molecule has 0 N–H and O–H groups in total. The highest BCUT2D eigenvalue weighted by molar-refractivity contribution is 9.10. The summed E-state index contributed by atoms with van der Waals surface area (Å²) in [4.78, 5) is -0.453. The third kappa shape index (κ3) is 4.15. The second kappa shape index (κ2) is 6.29. The number of ether oxygens (including phenoxy) is 1. The van der Waals surface area contributed by atoms with Crippen molar-refractivity contribution in [3.05, 3.63) is 58.1 Å². The highest BCUT2D eigenvalue weighted by atomic mass is 79.9. The Morgan fingerprint density at radius 2 is 1.86 bits per heavy atom. The van der Waals surface area contributed by atoms with Crippen LogP contribution in [0.5, 0.6) is 5.75 Å². The topological polar surface area (TPSA) is 43.4 Å². The minimum absolute atomic E-state index is 0.0239. The first-order valence-electron chi connectivity index (χ1n) is 5.58. The molecule has 112 valence electrons. The minimum atomic E-state index is -4.14. The van der Waals surface area contributed by atoms with Crippen LogP contribution in [0.1, 0.15) is 5.56 Å². The molecule has 0 atom stereocenters. The molecule has 0 bridgehead atoms. The molecule has 0 fully saturated rings. The molecule has 0 saturated heterocycles. The maximum Gasteiger partial charge on any atom is 0.265 e. The molecule has 0 radical (unpaired) electrons. The van der Waals surface area contributed by atoms with E-state index in [0.717, 1.165) is 12.1 Å². The third-order valence-corrected chi connectivity index (χ3v) is 4.50. The first kappa shape index (κ1) is 16.2. The Bertz CT molecular complexity index is 781. The van der Waals surface area contributed by atoms with E-state index in [4.69, 9.17) is 15.4 Å². The van der Waals surface area contributed by atoms with E-state index in [-0.39, 0.29) is 16.8 Å². The molecule has 0 unspecified atom stereocenters. The second-order valence-electron chi connectivity index (χ2n) is 4.07. The molecular formula is C13H8BrClF2O3S. The molecule has 8 heteroatoms. The monoisotopic (exact) mass is 396 g/mol. The van der Waals surface area contributed by atoms with Crippen molar-refractivity contribution in [2.45, 2.75) is 11.5 Å². The first-order valence-corrected chi connectivity index (χ1v) is 8.68. The summed E-state index contributed by atoms with van der Waals surface area (Å²) < 4.78 is 54.6. The van der Waals surface area contributed by atoms with Gasteiger partial charge in [-0.15, -0.1) is 0 Å². The Balaban J connectivity index is 2.26. The van der Waals surface area contributed by atoms with Crippen molar-refractivity contribution in [2.75, 3.05) is 0 Å². The van der Waals surface area contributed by atoms with E-state index in [9.17, 15) is 17.2 Å². The van der Waals surface area contributed by atoms with Gasteiger partial charge in [-0.3, -0.25) is 0 Å². The van der Waals surface area contributed by atoms with E-state index in [1.807, 2.05) is 0 Å². The van der Waals surface area contributed by atoms with Gasteiger partial charge in [0, 0.05) is 10.7 Å². The van der Waals surface area contributed by atoms with Crippen LogP contribution in [-0.2, 0) is 15.7 Å². The largest absolute Gasteiger partial charge is 0.487 e. The Morgan fingerprint density at radius 3 is 2.48 bits per heavy atom. The molecule has 3 nitrogen and oxygen atoms in total. The second-order valence-corrected chi connectivity index (χ2v) is 7.45. The normalized spacial score (nSPS) is 11.4. The number of hydrogen-bond acceptors (Lipinski definition) is 3. The van der Waals surface area contributed by atoms with Crippen LogP contribution in [0.25, 0.3) is 0 Å². The molecule has 0 heterocycles. The van der Waals surface area contributed by atoms with E-state index in [0.29, 0.717) is 5.56 Å². The number of benzene rings is 2. The fourth-order valence-electron chi connectivity index (χ4n) is 1.58. The maximum absolute atomic E-state index is 13.1. The van der Waals surface area contributed by atoms with Gasteiger partial charge in [0.2, 0.25) is 0 Å². The average molecular weight is 398 g/mol. The molecular weight excluding hydrogens is 390 g/mol. The summed E-state index contributed by atoms with van der Waals surface area (Å²) in [6.45, 7) is -0.0239. The van der Waals surface area contributed by atoms with Crippen molar-refractivity contribution >= 4 is 35.7 Å². The van der Waals surface area contributed by atoms with Gasteiger partial charge >= 0.3 is 0 Å². The smallest absolute Gasteiger partial charge is 0.265 e. The Hall–Kier alpha value is -1.18. The van der Waals surface area contributed by atoms with Gasteiger partial charge in [-0.1, -0.05) is 6.07 Å². The van der Waals surface area contributed by atoms with Gasteiger partial charge < -0.3 is 4.74 Å². The Labute approximate surface area is 133 Å². The fraction of sp³-hybridized carbons (Fsp3) is 0.0769. The predicted octanol–water partition coefficient (Wildman–Crippen LogP) is 4.23. The molecule has 2 aromatic rings. The first-order chi connectivity index (χ1) is 9.77. The molecule has 0 aliphatic heterocycles. The van der Waals surface area contributed by atoms with Gasteiger partial charge in [0.05, 0.1) is 4.47 Å². The van der Waals surface area contributed by atoms with Crippen molar-refractivity contribution in [1.29, 1.82) is 0 Å². The average Bonchev–Trinajstić information content (AvgIpc) is 2.40. The lowest BCUT2D eigenvalue weighted by Crippen LogP contribution is -2.01. The van der Waals surface area contributed by atoms with E-state index >= 15 is 0 Å². The summed E-state index contributed by atoms with van der Waals surface area (Å²) in [5.41, 5.74) is 0.602. The van der Waals surface area contributed by atoms with Gasteiger partial charge in [-0.05, 0) is 51.8 Å². The third-order valence-electron chi connectivity index (χ3n) is 2.55. The van der Waals surface area contributed by atoms with Gasteiger partial charge in [0.1, 0.15) is 28.9 Å². The lowest BCUT2D eigenvalue weighted by Gasteiger charge is -2.10.